The minimum absolute atomic E-state index is 0.151. The van der Waals surface area contributed by atoms with Crippen molar-refractivity contribution in [2.75, 3.05) is 0 Å². The lowest BCUT2D eigenvalue weighted by atomic mass is 10.1. The van der Waals surface area contributed by atoms with Crippen LogP contribution in [0.1, 0.15) is 31.4 Å². The number of benzene rings is 1. The summed E-state index contributed by atoms with van der Waals surface area (Å²) in [6, 6.07) is 7.73. The zero-order chi connectivity index (χ0) is 9.26. The van der Waals surface area contributed by atoms with Gasteiger partial charge in [-0.05, 0) is 37.5 Å². The van der Waals surface area contributed by atoms with Gasteiger partial charge in [0.05, 0.1) is 0 Å². The fraction of sp³-hybridized carbons (Fsp3) is 0.455. The van der Waals surface area contributed by atoms with Gasteiger partial charge in [0.1, 0.15) is 5.82 Å². The summed E-state index contributed by atoms with van der Waals surface area (Å²) in [6.07, 6.45) is 2.53. The van der Waals surface area contributed by atoms with E-state index in [0.717, 1.165) is 5.56 Å². The number of hydrogen-bond donors (Lipinski definition) is 1. The van der Waals surface area contributed by atoms with E-state index in [9.17, 15) is 4.39 Å². The first-order valence-corrected chi connectivity index (χ1v) is 4.77. The summed E-state index contributed by atoms with van der Waals surface area (Å²) in [5.41, 5.74) is 1.03. The molecule has 1 aliphatic carbocycles. The van der Waals surface area contributed by atoms with Crippen LogP contribution in [0, 0.1) is 5.82 Å². The Hall–Kier alpha value is -0.890. The van der Waals surface area contributed by atoms with E-state index in [0.29, 0.717) is 6.04 Å². The molecule has 0 amide bonds. The molecule has 13 heavy (non-hydrogen) atoms. The van der Waals surface area contributed by atoms with Gasteiger partial charge in [-0.3, -0.25) is 0 Å². The van der Waals surface area contributed by atoms with E-state index in [4.69, 9.17) is 0 Å². The van der Waals surface area contributed by atoms with Crippen molar-refractivity contribution in [1.82, 2.24) is 5.32 Å². The molecule has 0 aliphatic heterocycles. The minimum Gasteiger partial charge on any atom is -0.307 e. The summed E-state index contributed by atoms with van der Waals surface area (Å²) < 4.78 is 12.9. The molecule has 1 fully saturated rings. The van der Waals surface area contributed by atoms with Gasteiger partial charge in [-0.1, -0.05) is 12.1 Å². The van der Waals surface area contributed by atoms with Crippen LogP contribution in [0.15, 0.2) is 24.3 Å². The Morgan fingerprint density at radius 1 is 1.46 bits per heavy atom. The second kappa shape index (κ2) is 3.46. The molecule has 2 rings (SSSR count). The summed E-state index contributed by atoms with van der Waals surface area (Å²) in [6.45, 7) is 2.08. The van der Waals surface area contributed by atoms with E-state index in [1.165, 1.54) is 18.9 Å². The van der Waals surface area contributed by atoms with Crippen molar-refractivity contribution in [2.45, 2.75) is 31.8 Å². The highest BCUT2D eigenvalue weighted by Crippen LogP contribution is 2.23. The summed E-state index contributed by atoms with van der Waals surface area (Å²) in [5, 5.41) is 3.43. The van der Waals surface area contributed by atoms with Crippen LogP contribution in [0.5, 0.6) is 0 Å². The van der Waals surface area contributed by atoms with Gasteiger partial charge in [0.15, 0.2) is 0 Å². The fourth-order valence-corrected chi connectivity index (χ4v) is 1.48. The largest absolute Gasteiger partial charge is 0.307 e. The molecule has 0 aromatic heterocycles. The molecule has 0 unspecified atom stereocenters. The van der Waals surface area contributed by atoms with Crippen LogP contribution < -0.4 is 5.32 Å². The maximum atomic E-state index is 12.9. The minimum atomic E-state index is -0.151. The van der Waals surface area contributed by atoms with Crippen molar-refractivity contribution >= 4 is 0 Å². The molecule has 1 aromatic rings. The predicted octanol–water partition coefficient (Wildman–Crippen LogP) is 2.64. The molecule has 1 aliphatic rings. The van der Waals surface area contributed by atoms with Crippen molar-refractivity contribution in [1.29, 1.82) is 0 Å². The van der Waals surface area contributed by atoms with Gasteiger partial charge >= 0.3 is 0 Å². The first-order chi connectivity index (χ1) is 6.25. The number of halogens is 1. The van der Waals surface area contributed by atoms with Gasteiger partial charge in [-0.25, -0.2) is 4.39 Å². The van der Waals surface area contributed by atoms with Gasteiger partial charge in [-0.2, -0.15) is 0 Å². The van der Waals surface area contributed by atoms with Crippen LogP contribution >= 0.6 is 0 Å². The Morgan fingerprint density at radius 3 is 2.85 bits per heavy atom. The molecule has 0 radical (unpaired) electrons. The summed E-state index contributed by atoms with van der Waals surface area (Å²) in [4.78, 5) is 0. The van der Waals surface area contributed by atoms with E-state index >= 15 is 0 Å². The van der Waals surface area contributed by atoms with Gasteiger partial charge in [0.25, 0.3) is 0 Å². The van der Waals surface area contributed by atoms with E-state index in [1.54, 1.807) is 12.1 Å². The van der Waals surface area contributed by atoms with E-state index in [2.05, 4.69) is 12.2 Å². The maximum absolute atomic E-state index is 12.9. The number of nitrogens with one attached hydrogen (secondary N) is 1. The Kier molecular flexibility index (Phi) is 2.32. The standard InChI is InChI=1S/C11H14FN/c1-8(13-11-5-6-11)9-3-2-4-10(12)7-9/h2-4,7-8,11,13H,5-6H2,1H3/t8-/m0/s1. The average Bonchev–Trinajstić information content (AvgIpc) is 2.88. The van der Waals surface area contributed by atoms with E-state index in [-0.39, 0.29) is 11.9 Å². The Balaban J connectivity index is 2.04. The quantitative estimate of drug-likeness (QED) is 0.752. The van der Waals surface area contributed by atoms with Crippen molar-refractivity contribution in [2.24, 2.45) is 0 Å². The van der Waals surface area contributed by atoms with Crippen LogP contribution in [0.2, 0.25) is 0 Å². The van der Waals surface area contributed by atoms with Gasteiger partial charge < -0.3 is 5.32 Å². The van der Waals surface area contributed by atoms with Crippen LogP contribution in [0.3, 0.4) is 0 Å². The van der Waals surface area contributed by atoms with Gasteiger partial charge in [0, 0.05) is 12.1 Å². The number of hydrogen-bond acceptors (Lipinski definition) is 1. The Morgan fingerprint density at radius 2 is 2.23 bits per heavy atom. The van der Waals surface area contributed by atoms with Crippen molar-refractivity contribution in [3.8, 4) is 0 Å². The highest BCUT2D eigenvalue weighted by atomic mass is 19.1. The summed E-state index contributed by atoms with van der Waals surface area (Å²) >= 11 is 0. The SMILES string of the molecule is C[C@H](NC1CC1)c1cccc(F)c1. The van der Waals surface area contributed by atoms with Crippen molar-refractivity contribution < 1.29 is 4.39 Å². The topological polar surface area (TPSA) is 12.0 Å². The maximum Gasteiger partial charge on any atom is 0.123 e. The van der Waals surface area contributed by atoms with Gasteiger partial charge in [-0.15, -0.1) is 0 Å². The lowest BCUT2D eigenvalue weighted by Crippen LogP contribution is -2.20. The second-order valence-electron chi connectivity index (χ2n) is 3.72. The Bertz CT molecular complexity index is 294. The zero-order valence-corrected chi connectivity index (χ0v) is 7.76. The van der Waals surface area contributed by atoms with E-state index < -0.39 is 0 Å². The van der Waals surface area contributed by atoms with Gasteiger partial charge in [0.2, 0.25) is 0 Å². The molecule has 70 valence electrons. The molecule has 1 aromatic carbocycles. The van der Waals surface area contributed by atoms with Crippen LogP contribution in [0.25, 0.3) is 0 Å². The molecular weight excluding hydrogens is 165 g/mol. The predicted molar refractivity (Wildman–Crippen MR) is 51.0 cm³/mol. The third-order valence-corrected chi connectivity index (χ3v) is 2.41. The second-order valence-corrected chi connectivity index (χ2v) is 3.72. The summed E-state index contributed by atoms with van der Waals surface area (Å²) in [5.74, 6) is -0.151. The normalized spacial score (nSPS) is 18.6. The van der Waals surface area contributed by atoms with Crippen molar-refractivity contribution in [3.63, 3.8) is 0 Å². The molecule has 0 heterocycles. The first kappa shape index (κ1) is 8.70. The first-order valence-electron chi connectivity index (χ1n) is 4.77. The molecule has 0 saturated heterocycles. The lowest BCUT2D eigenvalue weighted by molar-refractivity contribution is 0.562. The number of rotatable bonds is 3. The molecule has 0 spiro atoms. The van der Waals surface area contributed by atoms with Crippen molar-refractivity contribution in [3.05, 3.63) is 35.6 Å². The molecule has 1 saturated carbocycles. The molecule has 0 bridgehead atoms. The molecule has 1 N–H and O–H groups in total. The molecule has 1 atom stereocenters. The van der Waals surface area contributed by atoms with Crippen LogP contribution in [-0.4, -0.2) is 6.04 Å². The third-order valence-electron chi connectivity index (χ3n) is 2.41. The van der Waals surface area contributed by atoms with Crippen LogP contribution in [-0.2, 0) is 0 Å². The molecule has 1 nitrogen and oxygen atoms in total. The highest BCUT2D eigenvalue weighted by molar-refractivity contribution is 5.19. The van der Waals surface area contributed by atoms with E-state index in [1.807, 2.05) is 6.07 Å². The molecular formula is C11H14FN. The molecule has 2 heteroatoms. The Labute approximate surface area is 78.0 Å². The third kappa shape index (κ3) is 2.28. The van der Waals surface area contributed by atoms with Crippen LogP contribution in [0.4, 0.5) is 4.39 Å². The fourth-order valence-electron chi connectivity index (χ4n) is 1.48. The smallest absolute Gasteiger partial charge is 0.123 e. The highest BCUT2D eigenvalue weighted by Gasteiger charge is 2.23. The lowest BCUT2D eigenvalue weighted by Gasteiger charge is -2.13. The average molecular weight is 179 g/mol. The monoisotopic (exact) mass is 179 g/mol. The zero-order valence-electron chi connectivity index (χ0n) is 7.76. The summed E-state index contributed by atoms with van der Waals surface area (Å²) in [7, 11) is 0.